The normalized spacial score (nSPS) is 18.4. The number of hydrogen-bond acceptors (Lipinski definition) is 3. The van der Waals surface area contributed by atoms with Crippen LogP contribution < -0.4 is 0 Å². The minimum Gasteiger partial charge on any atom is -0.378 e. The molecule has 0 saturated carbocycles. The molecule has 0 spiro atoms. The molecule has 1 saturated heterocycles. The van der Waals surface area contributed by atoms with Crippen LogP contribution in [0.1, 0.15) is 38.4 Å². The van der Waals surface area contributed by atoms with Crippen molar-refractivity contribution in [3.63, 3.8) is 0 Å². The van der Waals surface area contributed by atoms with E-state index in [1.807, 2.05) is 18.2 Å². The maximum atomic E-state index is 12.3. The van der Waals surface area contributed by atoms with Crippen molar-refractivity contribution in [2.75, 3.05) is 6.61 Å². The Morgan fingerprint density at radius 2 is 2.29 bits per heavy atom. The fourth-order valence-corrected chi connectivity index (χ4v) is 3.04. The summed E-state index contributed by atoms with van der Waals surface area (Å²) in [5, 5.41) is 0. The lowest BCUT2D eigenvalue weighted by atomic mass is 10.1. The Morgan fingerprint density at radius 1 is 1.43 bits per heavy atom. The van der Waals surface area contributed by atoms with Gasteiger partial charge in [-0.05, 0) is 31.4 Å². The largest absolute Gasteiger partial charge is 0.378 e. The molecule has 0 aliphatic carbocycles. The van der Waals surface area contributed by atoms with E-state index in [4.69, 9.17) is 4.74 Å². The van der Waals surface area contributed by atoms with E-state index >= 15 is 0 Å². The number of hydrogen-bond donors (Lipinski definition) is 0. The van der Waals surface area contributed by atoms with Crippen LogP contribution in [-0.2, 0) is 22.5 Å². The lowest BCUT2D eigenvalue weighted by Gasteiger charge is -2.10. The first-order chi connectivity index (χ1) is 10.3. The van der Waals surface area contributed by atoms with E-state index in [-0.39, 0.29) is 11.9 Å². The molecule has 112 valence electrons. The maximum absolute atomic E-state index is 12.3. The van der Waals surface area contributed by atoms with Crippen LogP contribution in [-0.4, -0.2) is 28.0 Å². The van der Waals surface area contributed by atoms with Gasteiger partial charge in [0.15, 0.2) is 0 Å². The van der Waals surface area contributed by atoms with E-state index in [9.17, 15) is 4.79 Å². The molecule has 21 heavy (non-hydrogen) atoms. The second-order valence-electron chi connectivity index (χ2n) is 5.72. The number of Topliss-reactive ketones (excluding diaryl/α,β-unsaturated/α-hetero) is 1. The standard InChI is InChI=1S/C17H22N2O2/c1-2-9-19-16-8-4-3-7-15(16)18-17(19)12-13(20)11-14-6-5-10-21-14/h3-4,7-8,14H,2,5-6,9-12H2,1H3. The highest BCUT2D eigenvalue weighted by molar-refractivity contribution is 5.83. The number of ketones is 1. The van der Waals surface area contributed by atoms with Gasteiger partial charge in [0, 0.05) is 19.6 Å². The monoisotopic (exact) mass is 286 g/mol. The minimum atomic E-state index is 0.126. The van der Waals surface area contributed by atoms with Gasteiger partial charge >= 0.3 is 0 Å². The second kappa shape index (κ2) is 6.39. The predicted octanol–water partition coefficient (Wildman–Crippen LogP) is 3.13. The third-order valence-electron chi connectivity index (χ3n) is 4.02. The van der Waals surface area contributed by atoms with Gasteiger partial charge in [0.2, 0.25) is 0 Å². The van der Waals surface area contributed by atoms with Crippen molar-refractivity contribution < 1.29 is 9.53 Å². The highest BCUT2D eigenvalue weighted by Gasteiger charge is 2.21. The van der Waals surface area contributed by atoms with Crippen molar-refractivity contribution in [2.24, 2.45) is 0 Å². The number of carbonyl (C=O) groups is 1. The van der Waals surface area contributed by atoms with Crippen molar-refractivity contribution in [1.29, 1.82) is 0 Å². The Morgan fingerprint density at radius 3 is 3.05 bits per heavy atom. The van der Waals surface area contributed by atoms with Crippen LogP contribution in [0.4, 0.5) is 0 Å². The highest BCUT2D eigenvalue weighted by Crippen LogP contribution is 2.19. The van der Waals surface area contributed by atoms with Gasteiger partial charge in [0.1, 0.15) is 11.6 Å². The number of rotatable bonds is 6. The van der Waals surface area contributed by atoms with Gasteiger partial charge in [-0.15, -0.1) is 0 Å². The Kier molecular flexibility index (Phi) is 4.34. The number of aryl methyl sites for hydroxylation is 1. The summed E-state index contributed by atoms with van der Waals surface area (Å²) < 4.78 is 7.73. The summed E-state index contributed by atoms with van der Waals surface area (Å²) in [6.45, 7) is 3.85. The average molecular weight is 286 g/mol. The first kappa shape index (κ1) is 14.3. The third kappa shape index (κ3) is 3.16. The van der Waals surface area contributed by atoms with E-state index in [0.29, 0.717) is 12.8 Å². The molecule has 2 aromatic rings. The Labute approximate surface area is 125 Å². The zero-order chi connectivity index (χ0) is 14.7. The molecule has 4 nitrogen and oxygen atoms in total. The van der Waals surface area contributed by atoms with Crippen LogP contribution >= 0.6 is 0 Å². The highest BCUT2D eigenvalue weighted by atomic mass is 16.5. The maximum Gasteiger partial charge on any atom is 0.142 e. The number of carbonyl (C=O) groups excluding carboxylic acids is 1. The zero-order valence-corrected chi connectivity index (χ0v) is 12.5. The summed E-state index contributed by atoms with van der Waals surface area (Å²) in [6, 6.07) is 8.10. The molecule has 1 aromatic carbocycles. The number of para-hydroxylation sites is 2. The van der Waals surface area contributed by atoms with Crippen LogP contribution in [0.15, 0.2) is 24.3 Å². The summed E-state index contributed by atoms with van der Waals surface area (Å²) in [5.74, 6) is 1.12. The fraction of sp³-hybridized carbons (Fsp3) is 0.529. The Bertz CT molecular complexity index is 627. The first-order valence-electron chi connectivity index (χ1n) is 7.85. The van der Waals surface area contributed by atoms with Crippen LogP contribution in [0.5, 0.6) is 0 Å². The topological polar surface area (TPSA) is 44.1 Å². The molecule has 0 radical (unpaired) electrons. The van der Waals surface area contributed by atoms with Gasteiger partial charge in [-0.1, -0.05) is 19.1 Å². The Hall–Kier alpha value is -1.68. The predicted molar refractivity (Wildman–Crippen MR) is 82.3 cm³/mol. The summed E-state index contributed by atoms with van der Waals surface area (Å²) in [7, 11) is 0. The van der Waals surface area contributed by atoms with Crippen molar-refractivity contribution >= 4 is 16.8 Å². The molecule has 0 bridgehead atoms. The number of imidazole rings is 1. The van der Waals surface area contributed by atoms with Crippen molar-refractivity contribution in [3.8, 4) is 0 Å². The number of fused-ring (bicyclic) bond motifs is 1. The summed E-state index contributed by atoms with van der Waals surface area (Å²) in [5.41, 5.74) is 2.10. The lowest BCUT2D eigenvalue weighted by molar-refractivity contribution is -0.120. The van der Waals surface area contributed by atoms with E-state index in [1.165, 1.54) is 0 Å². The van der Waals surface area contributed by atoms with Gasteiger partial charge < -0.3 is 9.30 Å². The number of nitrogens with zero attached hydrogens (tertiary/aromatic N) is 2. The minimum absolute atomic E-state index is 0.126. The molecule has 1 aliphatic rings. The van der Waals surface area contributed by atoms with Crippen LogP contribution in [0.3, 0.4) is 0 Å². The van der Waals surface area contributed by atoms with Crippen molar-refractivity contribution in [2.45, 2.75) is 51.7 Å². The number of ether oxygens (including phenoxy) is 1. The van der Waals surface area contributed by atoms with Crippen LogP contribution in [0.25, 0.3) is 11.0 Å². The third-order valence-corrected chi connectivity index (χ3v) is 4.02. The van der Waals surface area contributed by atoms with Gasteiger partial charge in [-0.25, -0.2) is 4.98 Å². The van der Waals surface area contributed by atoms with Gasteiger partial charge in [0.05, 0.1) is 23.6 Å². The second-order valence-corrected chi connectivity index (χ2v) is 5.72. The molecule has 3 rings (SSSR count). The van der Waals surface area contributed by atoms with E-state index in [0.717, 1.165) is 49.3 Å². The van der Waals surface area contributed by atoms with Crippen LogP contribution in [0.2, 0.25) is 0 Å². The average Bonchev–Trinajstić information content (AvgIpc) is 3.08. The smallest absolute Gasteiger partial charge is 0.142 e. The fourth-order valence-electron chi connectivity index (χ4n) is 3.04. The number of aromatic nitrogens is 2. The molecule has 1 aromatic heterocycles. The van der Waals surface area contributed by atoms with Gasteiger partial charge in [0.25, 0.3) is 0 Å². The van der Waals surface area contributed by atoms with E-state index < -0.39 is 0 Å². The molecule has 1 aliphatic heterocycles. The van der Waals surface area contributed by atoms with Crippen LogP contribution in [0, 0.1) is 0 Å². The van der Waals surface area contributed by atoms with E-state index in [1.54, 1.807) is 0 Å². The Balaban J connectivity index is 1.78. The van der Waals surface area contributed by atoms with Crippen molar-refractivity contribution in [3.05, 3.63) is 30.1 Å². The molecule has 0 N–H and O–H groups in total. The van der Waals surface area contributed by atoms with Gasteiger partial charge in [-0.2, -0.15) is 0 Å². The van der Waals surface area contributed by atoms with E-state index in [2.05, 4.69) is 22.5 Å². The van der Waals surface area contributed by atoms with Gasteiger partial charge in [-0.3, -0.25) is 4.79 Å². The molecule has 1 fully saturated rings. The summed E-state index contributed by atoms with van der Waals surface area (Å²) in [6.07, 6.45) is 4.18. The SMILES string of the molecule is CCCn1c(CC(=O)CC2CCCO2)nc2ccccc21. The lowest BCUT2D eigenvalue weighted by Crippen LogP contribution is -2.16. The van der Waals surface area contributed by atoms with Crippen molar-refractivity contribution in [1.82, 2.24) is 9.55 Å². The molecule has 1 unspecified atom stereocenters. The summed E-state index contributed by atoms with van der Waals surface area (Å²) >= 11 is 0. The molecule has 1 atom stereocenters. The number of benzene rings is 1. The first-order valence-corrected chi connectivity index (χ1v) is 7.85. The molecule has 4 heteroatoms. The molecule has 2 heterocycles. The summed E-state index contributed by atoms with van der Waals surface area (Å²) in [4.78, 5) is 16.9. The quantitative estimate of drug-likeness (QED) is 0.819. The molecular formula is C17H22N2O2. The molecule has 0 amide bonds. The zero-order valence-electron chi connectivity index (χ0n) is 12.5. The molecular weight excluding hydrogens is 264 g/mol.